The van der Waals surface area contributed by atoms with Crippen LogP contribution in [0.25, 0.3) is 0 Å². The summed E-state index contributed by atoms with van der Waals surface area (Å²) in [7, 11) is 0. The van der Waals surface area contributed by atoms with Gasteiger partial charge in [-0.25, -0.2) is 4.79 Å². The topological polar surface area (TPSA) is 131 Å². The van der Waals surface area contributed by atoms with E-state index in [1.54, 1.807) is 45.0 Å². The molecule has 1 saturated carbocycles. The molecule has 0 radical (unpaired) electrons. The lowest BCUT2D eigenvalue weighted by Crippen LogP contribution is -2.58. The van der Waals surface area contributed by atoms with Gasteiger partial charge in [0.2, 0.25) is 17.7 Å². The monoisotopic (exact) mass is 526 g/mol. The lowest BCUT2D eigenvalue weighted by molar-refractivity contribution is -0.148. The Labute approximate surface area is 226 Å². The summed E-state index contributed by atoms with van der Waals surface area (Å²) in [6, 6.07) is 4.55. The lowest BCUT2D eigenvalue weighted by Gasteiger charge is -2.44. The van der Waals surface area contributed by atoms with Crippen LogP contribution < -0.4 is 16.4 Å². The SMILES string of the molecule is C#Cc1ccccc1C(C(=O)NC(C)CCC)N(C(=O)C(CCC(N)=O)NC(=O)OC(C)(C)C)C1CCC1. The summed E-state index contributed by atoms with van der Waals surface area (Å²) in [5.74, 6) is 1.19. The van der Waals surface area contributed by atoms with Crippen LogP contribution in [0.4, 0.5) is 4.79 Å². The Balaban J connectivity index is 2.55. The molecule has 0 saturated heterocycles. The van der Waals surface area contributed by atoms with E-state index in [2.05, 4.69) is 16.6 Å². The number of ether oxygens (including phenoxy) is 1. The molecular formula is C29H42N4O5. The molecule has 0 spiro atoms. The molecule has 0 heterocycles. The zero-order valence-corrected chi connectivity index (χ0v) is 23.2. The number of primary amides is 1. The van der Waals surface area contributed by atoms with Crippen LogP contribution in [0.5, 0.6) is 0 Å². The zero-order valence-electron chi connectivity index (χ0n) is 23.2. The second kappa shape index (κ2) is 13.8. The van der Waals surface area contributed by atoms with Gasteiger partial charge in [-0.05, 0) is 71.4 Å². The van der Waals surface area contributed by atoms with Gasteiger partial charge in [0.15, 0.2) is 0 Å². The molecule has 4 amide bonds. The number of hydrogen-bond donors (Lipinski definition) is 3. The fourth-order valence-electron chi connectivity index (χ4n) is 4.47. The molecular weight excluding hydrogens is 484 g/mol. The number of nitrogens with two attached hydrogens (primary N) is 1. The number of amides is 4. The standard InChI is InChI=1S/C29H42N4O5/c1-7-12-19(3)31-26(35)25(22-16-10-9-13-20(22)8-2)33(21-14-11-15-21)27(36)23(17-18-24(30)34)32-28(37)38-29(4,5)6/h2,9-10,13,16,19,21,23,25H,7,11-12,14-15,17-18H2,1,3-6H3,(H2,30,34)(H,31,35)(H,32,37). The first-order valence-corrected chi connectivity index (χ1v) is 13.3. The van der Waals surface area contributed by atoms with Crippen LogP contribution in [0.3, 0.4) is 0 Å². The van der Waals surface area contributed by atoms with E-state index in [4.69, 9.17) is 16.9 Å². The number of nitrogens with one attached hydrogen (secondary N) is 2. The number of hydrogen-bond acceptors (Lipinski definition) is 5. The van der Waals surface area contributed by atoms with Crippen LogP contribution >= 0.6 is 0 Å². The minimum absolute atomic E-state index is 0.0337. The van der Waals surface area contributed by atoms with E-state index < -0.39 is 35.6 Å². The fourth-order valence-corrected chi connectivity index (χ4v) is 4.47. The molecule has 4 N–H and O–H groups in total. The number of nitrogens with zero attached hydrogens (tertiary/aromatic N) is 1. The summed E-state index contributed by atoms with van der Waals surface area (Å²) in [5.41, 5.74) is 5.61. The molecule has 2 rings (SSSR count). The molecule has 208 valence electrons. The maximum atomic E-state index is 14.2. The molecule has 1 aromatic rings. The van der Waals surface area contributed by atoms with Gasteiger partial charge in [-0.15, -0.1) is 6.42 Å². The smallest absolute Gasteiger partial charge is 0.408 e. The molecule has 9 heteroatoms. The number of benzene rings is 1. The second-order valence-electron chi connectivity index (χ2n) is 10.9. The maximum Gasteiger partial charge on any atom is 0.408 e. The van der Waals surface area contributed by atoms with Gasteiger partial charge in [-0.2, -0.15) is 0 Å². The van der Waals surface area contributed by atoms with Crippen LogP contribution in [-0.2, 0) is 19.1 Å². The number of carbonyl (C=O) groups excluding carboxylic acids is 4. The van der Waals surface area contributed by atoms with Crippen molar-refractivity contribution in [2.24, 2.45) is 5.73 Å². The number of terminal acetylenes is 1. The molecule has 9 nitrogen and oxygen atoms in total. The summed E-state index contributed by atoms with van der Waals surface area (Å²) in [6.45, 7) is 9.08. The Bertz CT molecular complexity index is 1040. The van der Waals surface area contributed by atoms with Crippen molar-refractivity contribution >= 4 is 23.8 Å². The highest BCUT2D eigenvalue weighted by Gasteiger charge is 2.42. The zero-order chi connectivity index (χ0) is 28.5. The van der Waals surface area contributed by atoms with E-state index in [9.17, 15) is 19.2 Å². The largest absolute Gasteiger partial charge is 0.444 e. The van der Waals surface area contributed by atoms with Gasteiger partial charge in [0.05, 0.1) is 0 Å². The fraction of sp³-hybridized carbons (Fsp3) is 0.586. The third-order valence-electron chi connectivity index (χ3n) is 6.44. The summed E-state index contributed by atoms with van der Waals surface area (Å²) in [5, 5.41) is 5.66. The minimum atomic E-state index is -1.13. The molecule has 1 aliphatic rings. The van der Waals surface area contributed by atoms with Crippen LogP contribution in [0.1, 0.15) is 96.7 Å². The van der Waals surface area contributed by atoms with Crippen LogP contribution in [0, 0.1) is 12.3 Å². The third kappa shape index (κ3) is 8.79. The van der Waals surface area contributed by atoms with E-state index in [1.807, 2.05) is 13.8 Å². The van der Waals surface area contributed by atoms with Crippen molar-refractivity contribution in [3.63, 3.8) is 0 Å². The second-order valence-corrected chi connectivity index (χ2v) is 10.9. The highest BCUT2D eigenvalue weighted by molar-refractivity contribution is 5.93. The molecule has 0 aliphatic heterocycles. The summed E-state index contributed by atoms with van der Waals surface area (Å²) >= 11 is 0. The Morgan fingerprint density at radius 2 is 1.82 bits per heavy atom. The summed E-state index contributed by atoms with van der Waals surface area (Å²) in [4.78, 5) is 53.8. The Morgan fingerprint density at radius 3 is 2.34 bits per heavy atom. The average molecular weight is 527 g/mol. The molecule has 0 aromatic heterocycles. The highest BCUT2D eigenvalue weighted by Crippen LogP contribution is 2.35. The first-order valence-electron chi connectivity index (χ1n) is 13.3. The molecule has 3 unspecified atom stereocenters. The predicted octanol–water partition coefficient (Wildman–Crippen LogP) is 3.55. The summed E-state index contributed by atoms with van der Waals surface area (Å²) in [6.07, 6.45) is 8.79. The van der Waals surface area contributed by atoms with Crippen molar-refractivity contribution in [3.8, 4) is 12.3 Å². The molecule has 1 fully saturated rings. The van der Waals surface area contributed by atoms with Gasteiger partial charge < -0.3 is 26.0 Å². The molecule has 38 heavy (non-hydrogen) atoms. The van der Waals surface area contributed by atoms with E-state index in [0.717, 1.165) is 19.3 Å². The predicted molar refractivity (Wildman–Crippen MR) is 146 cm³/mol. The number of alkyl carbamates (subject to hydrolysis) is 1. The molecule has 1 aromatic carbocycles. The molecule has 0 bridgehead atoms. The Kier molecular flexibility index (Phi) is 11.2. The van der Waals surface area contributed by atoms with Crippen LogP contribution in [-0.4, -0.2) is 52.4 Å². The average Bonchev–Trinajstić information content (AvgIpc) is 2.78. The first-order chi connectivity index (χ1) is 17.9. The van der Waals surface area contributed by atoms with Crippen LogP contribution in [0.15, 0.2) is 24.3 Å². The van der Waals surface area contributed by atoms with E-state index in [-0.39, 0.29) is 30.8 Å². The van der Waals surface area contributed by atoms with Crippen molar-refractivity contribution in [1.82, 2.24) is 15.5 Å². The normalized spacial score (nSPS) is 15.7. The van der Waals surface area contributed by atoms with E-state index in [1.165, 1.54) is 4.90 Å². The maximum absolute atomic E-state index is 14.2. The molecule has 1 aliphatic carbocycles. The van der Waals surface area contributed by atoms with E-state index >= 15 is 0 Å². The van der Waals surface area contributed by atoms with E-state index in [0.29, 0.717) is 24.0 Å². The molecule has 3 atom stereocenters. The number of rotatable bonds is 12. The van der Waals surface area contributed by atoms with Gasteiger partial charge in [-0.3, -0.25) is 14.4 Å². The van der Waals surface area contributed by atoms with Crippen molar-refractivity contribution in [2.75, 3.05) is 0 Å². The minimum Gasteiger partial charge on any atom is -0.444 e. The summed E-state index contributed by atoms with van der Waals surface area (Å²) < 4.78 is 5.37. The van der Waals surface area contributed by atoms with Crippen molar-refractivity contribution in [1.29, 1.82) is 0 Å². The number of carbonyl (C=O) groups is 4. The van der Waals surface area contributed by atoms with Crippen LogP contribution in [0.2, 0.25) is 0 Å². The van der Waals surface area contributed by atoms with Gasteiger partial charge in [0.1, 0.15) is 17.7 Å². The van der Waals surface area contributed by atoms with Gasteiger partial charge in [0.25, 0.3) is 0 Å². The quantitative estimate of drug-likeness (QED) is 0.359. The third-order valence-corrected chi connectivity index (χ3v) is 6.44. The highest BCUT2D eigenvalue weighted by atomic mass is 16.6. The van der Waals surface area contributed by atoms with Gasteiger partial charge in [0, 0.05) is 24.1 Å². The first kappa shape index (κ1) is 30.7. The van der Waals surface area contributed by atoms with Crippen molar-refractivity contribution in [2.45, 2.75) is 109 Å². The van der Waals surface area contributed by atoms with Crippen molar-refractivity contribution in [3.05, 3.63) is 35.4 Å². The lowest BCUT2D eigenvalue weighted by atomic mass is 9.87. The van der Waals surface area contributed by atoms with Gasteiger partial charge >= 0.3 is 6.09 Å². The van der Waals surface area contributed by atoms with Gasteiger partial charge in [-0.1, -0.05) is 37.5 Å². The Morgan fingerprint density at radius 1 is 1.16 bits per heavy atom. The van der Waals surface area contributed by atoms with Crippen molar-refractivity contribution < 1.29 is 23.9 Å². The Hall–Kier alpha value is -3.54.